The van der Waals surface area contributed by atoms with E-state index in [1.807, 2.05) is 6.92 Å². The molecule has 0 amide bonds. The fraction of sp³-hybridized carbons (Fsp3) is 0.174. The molecule has 0 saturated carbocycles. The van der Waals surface area contributed by atoms with Gasteiger partial charge in [0, 0.05) is 0 Å². The number of aryl methyl sites for hydroxylation is 1. The second-order valence-electron chi connectivity index (χ2n) is 6.84. The summed E-state index contributed by atoms with van der Waals surface area (Å²) >= 11 is 0. The molecular weight excluding hydrogens is 418 g/mol. The Balaban J connectivity index is 2.16. The fourth-order valence-corrected chi connectivity index (χ4v) is 4.63. The number of rotatable bonds is 8. The molecule has 0 saturated heterocycles. The smallest absolute Gasteiger partial charge is 0.337 e. The summed E-state index contributed by atoms with van der Waals surface area (Å²) in [6, 6.07) is 17.5. The third kappa shape index (κ3) is 4.64. The molecule has 0 aliphatic carbocycles. The van der Waals surface area contributed by atoms with Gasteiger partial charge in [0.15, 0.2) is 11.5 Å². The summed E-state index contributed by atoms with van der Waals surface area (Å²) in [6.45, 7) is 1.76. The summed E-state index contributed by atoms with van der Waals surface area (Å²) in [6.07, 6.45) is 0. The van der Waals surface area contributed by atoms with E-state index in [2.05, 4.69) is 0 Å². The SMILES string of the molecule is COc1ccc(CN(c2ccccc2C(=O)O)S(=O)(=O)c2ccc(C)cc2)cc1OC. The molecule has 0 aliphatic rings. The zero-order valence-electron chi connectivity index (χ0n) is 17.4. The Labute approximate surface area is 181 Å². The number of ether oxygens (including phenoxy) is 2. The summed E-state index contributed by atoms with van der Waals surface area (Å²) in [5.41, 5.74) is 1.48. The van der Waals surface area contributed by atoms with Crippen LogP contribution in [0.3, 0.4) is 0 Å². The van der Waals surface area contributed by atoms with Gasteiger partial charge in [0.1, 0.15) is 0 Å². The number of aromatic carboxylic acids is 1. The number of benzene rings is 3. The number of sulfonamides is 1. The van der Waals surface area contributed by atoms with Crippen molar-refractivity contribution in [3.05, 3.63) is 83.4 Å². The number of anilines is 1. The maximum Gasteiger partial charge on any atom is 0.337 e. The van der Waals surface area contributed by atoms with Crippen LogP contribution in [0.2, 0.25) is 0 Å². The Morgan fingerprint density at radius 1 is 0.935 bits per heavy atom. The van der Waals surface area contributed by atoms with Crippen molar-refractivity contribution < 1.29 is 27.8 Å². The van der Waals surface area contributed by atoms with Crippen LogP contribution >= 0.6 is 0 Å². The third-order valence-corrected chi connectivity index (χ3v) is 6.56. The number of carbonyl (C=O) groups is 1. The first kappa shape index (κ1) is 22.2. The molecule has 3 aromatic carbocycles. The standard InChI is InChI=1S/C23H23NO6S/c1-16-8-11-18(12-9-16)31(27,28)24(20-7-5-4-6-19(20)23(25)26)15-17-10-13-21(29-2)22(14-17)30-3/h4-14H,15H2,1-3H3,(H,25,26). The number of carboxylic acids is 1. The van der Waals surface area contributed by atoms with Crippen molar-refractivity contribution in [2.45, 2.75) is 18.4 Å². The highest BCUT2D eigenvalue weighted by Gasteiger charge is 2.28. The highest BCUT2D eigenvalue weighted by Crippen LogP contribution is 2.32. The third-order valence-electron chi connectivity index (χ3n) is 4.79. The first-order valence-corrected chi connectivity index (χ1v) is 10.8. The van der Waals surface area contributed by atoms with E-state index in [9.17, 15) is 18.3 Å². The summed E-state index contributed by atoms with van der Waals surface area (Å²) < 4.78 is 38.8. The maximum absolute atomic E-state index is 13.6. The van der Waals surface area contributed by atoms with Crippen LogP contribution in [0.5, 0.6) is 11.5 Å². The minimum Gasteiger partial charge on any atom is -0.493 e. The molecule has 0 fully saturated rings. The molecule has 3 aromatic rings. The lowest BCUT2D eigenvalue weighted by molar-refractivity contribution is 0.0697. The predicted molar refractivity (Wildman–Crippen MR) is 117 cm³/mol. The zero-order valence-corrected chi connectivity index (χ0v) is 18.2. The lowest BCUT2D eigenvalue weighted by Crippen LogP contribution is -2.32. The largest absolute Gasteiger partial charge is 0.493 e. The molecule has 0 spiro atoms. The molecule has 1 N–H and O–H groups in total. The van der Waals surface area contributed by atoms with Crippen LogP contribution in [0.25, 0.3) is 0 Å². The van der Waals surface area contributed by atoms with Crippen LogP contribution in [0.4, 0.5) is 5.69 Å². The normalized spacial score (nSPS) is 11.1. The van der Waals surface area contributed by atoms with Gasteiger partial charge in [0.2, 0.25) is 0 Å². The molecule has 0 atom stereocenters. The van der Waals surface area contributed by atoms with Crippen molar-refractivity contribution in [3.63, 3.8) is 0 Å². The Morgan fingerprint density at radius 2 is 1.58 bits per heavy atom. The number of para-hydroxylation sites is 1. The molecule has 0 heterocycles. The van der Waals surface area contributed by atoms with Crippen molar-refractivity contribution in [1.29, 1.82) is 0 Å². The average Bonchev–Trinajstić information content (AvgIpc) is 2.77. The van der Waals surface area contributed by atoms with Crippen molar-refractivity contribution >= 4 is 21.7 Å². The molecular formula is C23H23NO6S. The van der Waals surface area contributed by atoms with Gasteiger partial charge in [-0.05, 0) is 48.9 Å². The fourth-order valence-electron chi connectivity index (χ4n) is 3.15. The Kier molecular flexibility index (Phi) is 6.50. The lowest BCUT2D eigenvalue weighted by atomic mass is 10.1. The van der Waals surface area contributed by atoms with Gasteiger partial charge in [-0.2, -0.15) is 0 Å². The van der Waals surface area contributed by atoms with Gasteiger partial charge in [-0.3, -0.25) is 4.31 Å². The van der Waals surface area contributed by atoms with E-state index < -0.39 is 16.0 Å². The van der Waals surface area contributed by atoms with Gasteiger partial charge in [0.25, 0.3) is 10.0 Å². The summed E-state index contributed by atoms with van der Waals surface area (Å²) in [5.74, 6) is -0.267. The minimum atomic E-state index is -4.06. The summed E-state index contributed by atoms with van der Waals surface area (Å²) in [7, 11) is -1.07. The second kappa shape index (κ2) is 9.09. The number of nitrogens with zero attached hydrogens (tertiary/aromatic N) is 1. The van der Waals surface area contributed by atoms with E-state index >= 15 is 0 Å². The molecule has 0 unspecified atom stereocenters. The highest BCUT2D eigenvalue weighted by atomic mass is 32.2. The Bertz CT molecular complexity index is 1190. The summed E-state index contributed by atoms with van der Waals surface area (Å²) in [4.78, 5) is 11.9. The maximum atomic E-state index is 13.6. The van der Waals surface area contributed by atoms with E-state index in [-0.39, 0.29) is 22.7 Å². The van der Waals surface area contributed by atoms with E-state index in [1.165, 1.54) is 38.5 Å². The van der Waals surface area contributed by atoms with Crippen LogP contribution in [0.15, 0.2) is 71.6 Å². The first-order chi connectivity index (χ1) is 14.8. The van der Waals surface area contributed by atoms with Crippen LogP contribution < -0.4 is 13.8 Å². The molecule has 0 radical (unpaired) electrons. The topological polar surface area (TPSA) is 93.1 Å². The van der Waals surface area contributed by atoms with Crippen molar-refractivity contribution in [3.8, 4) is 11.5 Å². The number of methoxy groups -OCH3 is 2. The molecule has 31 heavy (non-hydrogen) atoms. The zero-order chi connectivity index (χ0) is 22.6. The average molecular weight is 442 g/mol. The van der Waals surface area contributed by atoms with Gasteiger partial charge < -0.3 is 14.6 Å². The molecule has 0 aliphatic heterocycles. The quantitative estimate of drug-likeness (QED) is 0.566. The highest BCUT2D eigenvalue weighted by molar-refractivity contribution is 7.92. The van der Waals surface area contributed by atoms with E-state index in [4.69, 9.17) is 9.47 Å². The van der Waals surface area contributed by atoms with E-state index in [0.29, 0.717) is 17.1 Å². The van der Waals surface area contributed by atoms with Gasteiger partial charge in [-0.15, -0.1) is 0 Å². The summed E-state index contributed by atoms with van der Waals surface area (Å²) in [5, 5.41) is 9.65. The molecule has 3 rings (SSSR count). The molecule has 162 valence electrons. The molecule has 8 heteroatoms. The predicted octanol–water partition coefficient (Wildman–Crippen LogP) is 4.11. The molecule has 0 aromatic heterocycles. The van der Waals surface area contributed by atoms with Crippen LogP contribution in [-0.4, -0.2) is 33.7 Å². The van der Waals surface area contributed by atoms with Gasteiger partial charge in [-0.25, -0.2) is 13.2 Å². The molecule has 7 nitrogen and oxygen atoms in total. The van der Waals surface area contributed by atoms with Crippen molar-refractivity contribution in [1.82, 2.24) is 0 Å². The van der Waals surface area contributed by atoms with Crippen LogP contribution in [-0.2, 0) is 16.6 Å². The van der Waals surface area contributed by atoms with Crippen molar-refractivity contribution in [2.75, 3.05) is 18.5 Å². The number of hydrogen-bond acceptors (Lipinski definition) is 5. The van der Waals surface area contributed by atoms with E-state index in [1.54, 1.807) is 42.5 Å². The minimum absolute atomic E-state index is 0.0683. The Hall–Kier alpha value is -3.52. The van der Waals surface area contributed by atoms with E-state index in [0.717, 1.165) is 9.87 Å². The lowest BCUT2D eigenvalue weighted by Gasteiger charge is -2.26. The van der Waals surface area contributed by atoms with Gasteiger partial charge in [-0.1, -0.05) is 35.9 Å². The Morgan fingerprint density at radius 3 is 2.19 bits per heavy atom. The molecule has 0 bridgehead atoms. The number of carboxylic acid groups (broad SMARTS) is 1. The second-order valence-corrected chi connectivity index (χ2v) is 8.70. The van der Waals surface area contributed by atoms with Gasteiger partial charge >= 0.3 is 5.97 Å². The van der Waals surface area contributed by atoms with Crippen LogP contribution in [0.1, 0.15) is 21.5 Å². The van der Waals surface area contributed by atoms with Crippen LogP contribution in [0, 0.1) is 6.92 Å². The van der Waals surface area contributed by atoms with Crippen molar-refractivity contribution in [2.24, 2.45) is 0 Å². The number of hydrogen-bond donors (Lipinski definition) is 1. The van der Waals surface area contributed by atoms with Gasteiger partial charge in [0.05, 0.1) is 36.9 Å². The monoisotopic (exact) mass is 441 g/mol. The first-order valence-electron chi connectivity index (χ1n) is 9.40.